The smallest absolute Gasteiger partial charge is 0.320 e. The van der Waals surface area contributed by atoms with E-state index in [-0.39, 0.29) is 12.0 Å². The molecule has 1 aliphatic rings. The van der Waals surface area contributed by atoms with Crippen LogP contribution in [0.5, 0.6) is 0 Å². The summed E-state index contributed by atoms with van der Waals surface area (Å²) >= 11 is 1.72. The predicted molar refractivity (Wildman–Crippen MR) is 131 cm³/mol. The zero-order valence-electron chi connectivity index (χ0n) is 18.9. The zero-order chi connectivity index (χ0) is 23.2. The molecular formula is C26H29N2O4S+. The number of piperidine rings is 1. The summed E-state index contributed by atoms with van der Waals surface area (Å²) < 4.78 is 9.90. The first-order valence-electron chi connectivity index (χ1n) is 11.1. The van der Waals surface area contributed by atoms with Gasteiger partial charge in [0, 0.05) is 23.3 Å². The minimum absolute atomic E-state index is 0.0422. The van der Waals surface area contributed by atoms with Gasteiger partial charge in [0.1, 0.15) is 0 Å². The van der Waals surface area contributed by atoms with Crippen LogP contribution in [0.4, 0.5) is 0 Å². The Bertz CT molecular complexity index is 1080. The third-order valence-electron chi connectivity index (χ3n) is 6.32. The number of nitrogens with zero attached hydrogens (tertiary/aromatic N) is 1. The number of nitrogens with one attached hydrogen (secondary N) is 1. The molecule has 2 atom stereocenters. The van der Waals surface area contributed by atoms with Gasteiger partial charge in [-0.2, -0.15) is 0 Å². The molecule has 0 unspecified atom stereocenters. The molecule has 1 aliphatic heterocycles. The van der Waals surface area contributed by atoms with Crippen LogP contribution in [-0.4, -0.2) is 54.5 Å². The normalized spacial score (nSPS) is 19.2. The van der Waals surface area contributed by atoms with Crippen LogP contribution < -0.4 is 0 Å². The molecule has 33 heavy (non-hydrogen) atoms. The summed E-state index contributed by atoms with van der Waals surface area (Å²) in [6.45, 7) is 1.55. The molecule has 0 bridgehead atoms. The molecule has 0 amide bonds. The molecule has 6 nitrogen and oxygen atoms in total. The number of carbonyl (C=O) groups is 2. The van der Waals surface area contributed by atoms with E-state index in [1.165, 1.54) is 19.1 Å². The van der Waals surface area contributed by atoms with Gasteiger partial charge in [-0.3, -0.25) is 14.5 Å². The van der Waals surface area contributed by atoms with Gasteiger partial charge in [-0.05, 0) is 42.8 Å². The van der Waals surface area contributed by atoms with Gasteiger partial charge in [-0.15, -0.1) is 0 Å². The van der Waals surface area contributed by atoms with Gasteiger partial charge >= 0.3 is 11.9 Å². The average molecular weight is 466 g/mol. The Labute approximate surface area is 197 Å². The molecule has 1 fully saturated rings. The molecule has 1 aromatic heterocycles. The van der Waals surface area contributed by atoms with Crippen molar-refractivity contribution in [2.24, 2.45) is 11.8 Å². The number of rotatable bonds is 7. The van der Waals surface area contributed by atoms with E-state index in [1.54, 1.807) is 11.4 Å². The minimum atomic E-state index is -0.906. The van der Waals surface area contributed by atoms with Crippen LogP contribution >= 0.6 is 0 Å². The Morgan fingerprint density at radius 1 is 1.09 bits per heavy atom. The summed E-state index contributed by atoms with van der Waals surface area (Å²) in [6, 6.07) is 20.7. The van der Waals surface area contributed by atoms with Crippen LogP contribution in [-0.2, 0) is 30.4 Å². The highest BCUT2D eigenvalue weighted by Crippen LogP contribution is 2.38. The molecule has 0 spiro atoms. The lowest BCUT2D eigenvalue weighted by Crippen LogP contribution is -2.43. The Hall–Kier alpha value is -3.03. The number of para-hydroxylation sites is 1. The van der Waals surface area contributed by atoms with Gasteiger partial charge in [0.05, 0.1) is 26.8 Å². The standard InChI is InChI=1S/C26H29N2O4S/c1-31-25(29)24(26(30)32-2)19-12-13-28(14-15-33-20-9-4-3-5-10-20)23(17-19)22-16-18-8-6-7-11-21(18)27-22/h3-11,15-16,19,23-24,27H,12-14,17H2,1-2H3/q+1/t19-,23+/m1/s1. The number of aromatic nitrogens is 1. The number of methoxy groups -OCH3 is 2. The van der Waals surface area contributed by atoms with Crippen molar-refractivity contribution in [3.05, 3.63) is 66.4 Å². The number of carbonyl (C=O) groups excluding carboxylic acids is 2. The number of benzene rings is 2. The maximum Gasteiger partial charge on any atom is 0.320 e. The summed E-state index contributed by atoms with van der Waals surface area (Å²) in [5, 5.41) is 3.36. The summed E-state index contributed by atoms with van der Waals surface area (Å²) in [7, 11) is 2.64. The average Bonchev–Trinajstić information content (AvgIpc) is 3.29. The molecule has 0 aliphatic carbocycles. The van der Waals surface area contributed by atoms with E-state index in [0.29, 0.717) is 6.42 Å². The molecule has 172 valence electrons. The fraction of sp³-hybridized carbons (Fsp3) is 0.346. The maximum absolute atomic E-state index is 12.5. The van der Waals surface area contributed by atoms with Crippen molar-refractivity contribution in [3.8, 4) is 0 Å². The van der Waals surface area contributed by atoms with Crippen molar-refractivity contribution >= 4 is 39.6 Å². The van der Waals surface area contributed by atoms with Gasteiger partial charge in [0.2, 0.25) is 16.2 Å². The number of H-pyrrole nitrogens is 1. The molecule has 0 radical (unpaired) electrons. The van der Waals surface area contributed by atoms with Crippen LogP contribution in [0, 0.1) is 11.8 Å². The molecule has 7 heteroatoms. The van der Waals surface area contributed by atoms with Gasteiger partial charge in [0.15, 0.2) is 11.3 Å². The Balaban J connectivity index is 1.60. The molecule has 1 saturated heterocycles. The minimum Gasteiger partial charge on any atom is -0.468 e. The van der Waals surface area contributed by atoms with E-state index in [1.807, 2.05) is 30.3 Å². The SMILES string of the molecule is COC(=O)C(C(=O)OC)[C@@H]1CCN(CC=[S+]c2ccccc2)[C@H](c2cc3ccccc3[nH]2)C1. The number of likely N-dealkylation sites (tertiary alicyclic amines) is 1. The lowest BCUT2D eigenvalue weighted by atomic mass is 9.80. The second-order valence-corrected chi connectivity index (χ2v) is 9.27. The van der Waals surface area contributed by atoms with E-state index in [2.05, 4.69) is 45.6 Å². The second kappa shape index (κ2) is 10.7. The van der Waals surface area contributed by atoms with E-state index in [9.17, 15) is 9.59 Å². The molecule has 2 aromatic carbocycles. The van der Waals surface area contributed by atoms with Gasteiger partial charge in [-0.25, -0.2) is 0 Å². The van der Waals surface area contributed by atoms with Gasteiger partial charge < -0.3 is 14.5 Å². The van der Waals surface area contributed by atoms with Crippen LogP contribution in [0.2, 0.25) is 0 Å². The molecular weight excluding hydrogens is 436 g/mol. The highest BCUT2D eigenvalue weighted by molar-refractivity contribution is 7.77. The number of hydrogen-bond donors (Lipinski definition) is 1. The van der Waals surface area contributed by atoms with Crippen molar-refractivity contribution in [2.45, 2.75) is 23.8 Å². The van der Waals surface area contributed by atoms with E-state index in [0.717, 1.165) is 36.1 Å². The second-order valence-electron chi connectivity index (χ2n) is 8.23. The number of aromatic amines is 1. The first kappa shape index (κ1) is 23.1. The summed E-state index contributed by atoms with van der Waals surface area (Å²) in [5.41, 5.74) is 2.17. The largest absolute Gasteiger partial charge is 0.468 e. The first-order chi connectivity index (χ1) is 16.1. The number of ether oxygens (including phenoxy) is 2. The Kier molecular flexibility index (Phi) is 7.52. The highest BCUT2D eigenvalue weighted by Gasteiger charge is 2.42. The first-order valence-corrected chi connectivity index (χ1v) is 12.0. The lowest BCUT2D eigenvalue weighted by Gasteiger charge is -2.39. The predicted octanol–water partition coefficient (Wildman–Crippen LogP) is 3.83. The molecule has 3 aromatic rings. The number of esters is 2. The van der Waals surface area contributed by atoms with E-state index >= 15 is 0 Å². The maximum atomic E-state index is 12.5. The molecule has 0 saturated carbocycles. The summed E-state index contributed by atoms with van der Waals surface area (Å²) in [5.74, 6) is -2.11. The zero-order valence-corrected chi connectivity index (χ0v) is 19.7. The van der Waals surface area contributed by atoms with Gasteiger partial charge in [-0.1, -0.05) is 36.4 Å². The van der Waals surface area contributed by atoms with Crippen molar-refractivity contribution < 1.29 is 19.1 Å². The topological polar surface area (TPSA) is 71.6 Å². The van der Waals surface area contributed by atoms with Crippen LogP contribution in [0.3, 0.4) is 0 Å². The van der Waals surface area contributed by atoms with Crippen LogP contribution in [0.15, 0.2) is 65.6 Å². The van der Waals surface area contributed by atoms with E-state index < -0.39 is 17.9 Å². The summed E-state index contributed by atoms with van der Waals surface area (Å²) in [4.78, 5) is 32.1. The quantitative estimate of drug-likeness (QED) is 0.249. The fourth-order valence-electron chi connectivity index (χ4n) is 4.62. The van der Waals surface area contributed by atoms with Crippen molar-refractivity contribution in [1.82, 2.24) is 9.88 Å². The number of hydrogen-bond acceptors (Lipinski definition) is 5. The molecule has 1 N–H and O–H groups in total. The van der Waals surface area contributed by atoms with Crippen molar-refractivity contribution in [3.63, 3.8) is 0 Å². The Morgan fingerprint density at radius 3 is 2.48 bits per heavy atom. The van der Waals surface area contributed by atoms with Crippen LogP contribution in [0.25, 0.3) is 10.9 Å². The lowest BCUT2D eigenvalue weighted by molar-refractivity contribution is -0.163. The molecule has 4 rings (SSSR count). The van der Waals surface area contributed by atoms with Crippen molar-refractivity contribution in [1.29, 1.82) is 0 Å². The third kappa shape index (κ3) is 5.31. The fourth-order valence-corrected chi connectivity index (χ4v) is 5.40. The molecule has 2 heterocycles. The van der Waals surface area contributed by atoms with E-state index in [4.69, 9.17) is 9.47 Å². The van der Waals surface area contributed by atoms with Crippen LogP contribution in [0.1, 0.15) is 24.6 Å². The highest BCUT2D eigenvalue weighted by atomic mass is 32.1. The monoisotopic (exact) mass is 465 g/mol. The Morgan fingerprint density at radius 2 is 1.79 bits per heavy atom. The third-order valence-corrected chi connectivity index (χ3v) is 7.18. The number of fused-ring (bicyclic) bond motifs is 1. The summed E-state index contributed by atoms with van der Waals surface area (Å²) in [6.07, 6.45) is 1.38. The van der Waals surface area contributed by atoms with Gasteiger partial charge in [0.25, 0.3) is 0 Å². The van der Waals surface area contributed by atoms with Crippen molar-refractivity contribution in [2.75, 3.05) is 27.3 Å².